The highest BCUT2D eigenvalue weighted by Crippen LogP contribution is 2.24. The smallest absolute Gasteiger partial charge is 0.238 e. The van der Waals surface area contributed by atoms with Crippen molar-refractivity contribution < 1.29 is 9.53 Å². The molecule has 5 nitrogen and oxygen atoms in total. The van der Waals surface area contributed by atoms with Crippen molar-refractivity contribution in [1.29, 1.82) is 0 Å². The zero-order valence-corrected chi connectivity index (χ0v) is 12.5. The zero-order chi connectivity index (χ0) is 14.7. The Kier molecular flexibility index (Phi) is 4.41. The molecule has 1 aromatic carbocycles. The van der Waals surface area contributed by atoms with E-state index in [1.807, 2.05) is 24.3 Å². The molecular formula is C16H23N3O2. The first-order valence-electron chi connectivity index (χ1n) is 7.64. The Hall–Kier alpha value is -1.59. The zero-order valence-electron chi connectivity index (χ0n) is 12.5. The lowest BCUT2D eigenvalue weighted by molar-refractivity contribution is -0.117. The van der Waals surface area contributed by atoms with Crippen LogP contribution in [0.3, 0.4) is 0 Å². The molecule has 2 aliphatic heterocycles. The van der Waals surface area contributed by atoms with Gasteiger partial charge in [-0.15, -0.1) is 0 Å². The summed E-state index contributed by atoms with van der Waals surface area (Å²) in [5, 5.41) is 6.50. The molecule has 0 saturated carbocycles. The number of nitrogens with one attached hydrogen (secondary N) is 2. The second kappa shape index (κ2) is 6.45. The average Bonchev–Trinajstić information content (AvgIpc) is 2.89. The van der Waals surface area contributed by atoms with Crippen LogP contribution in [0.1, 0.15) is 12.8 Å². The first kappa shape index (κ1) is 14.4. The van der Waals surface area contributed by atoms with E-state index in [0.717, 1.165) is 31.1 Å². The van der Waals surface area contributed by atoms with Crippen molar-refractivity contribution in [2.24, 2.45) is 5.92 Å². The van der Waals surface area contributed by atoms with E-state index >= 15 is 0 Å². The molecule has 2 atom stereocenters. The molecule has 0 aliphatic carbocycles. The molecule has 2 aliphatic rings. The molecule has 114 valence electrons. The van der Waals surface area contributed by atoms with Crippen molar-refractivity contribution in [3.8, 4) is 5.75 Å². The lowest BCUT2D eigenvalue weighted by Crippen LogP contribution is -2.41. The predicted molar refractivity (Wildman–Crippen MR) is 82.6 cm³/mol. The van der Waals surface area contributed by atoms with Gasteiger partial charge < -0.3 is 15.4 Å². The van der Waals surface area contributed by atoms with Gasteiger partial charge in [-0.1, -0.05) is 6.07 Å². The van der Waals surface area contributed by atoms with Gasteiger partial charge in [-0.3, -0.25) is 9.69 Å². The van der Waals surface area contributed by atoms with E-state index in [1.165, 1.54) is 12.8 Å². The number of fused-ring (bicyclic) bond motifs is 1. The number of carbonyl (C=O) groups excluding carboxylic acids is 1. The number of amides is 1. The monoisotopic (exact) mass is 289 g/mol. The molecule has 2 heterocycles. The number of hydrogen-bond donors (Lipinski definition) is 2. The maximum absolute atomic E-state index is 12.2. The predicted octanol–water partition coefficient (Wildman–Crippen LogP) is 1.32. The Balaban J connectivity index is 1.52. The fraction of sp³-hybridized carbons (Fsp3) is 0.562. The second-order valence-corrected chi connectivity index (χ2v) is 5.94. The number of rotatable bonds is 4. The molecule has 2 saturated heterocycles. The first-order chi connectivity index (χ1) is 10.2. The third-order valence-corrected chi connectivity index (χ3v) is 4.40. The summed E-state index contributed by atoms with van der Waals surface area (Å²) in [5.74, 6) is 1.51. The van der Waals surface area contributed by atoms with Crippen LogP contribution in [0.25, 0.3) is 0 Å². The molecule has 0 aromatic heterocycles. The summed E-state index contributed by atoms with van der Waals surface area (Å²) in [6, 6.07) is 8.04. The van der Waals surface area contributed by atoms with Gasteiger partial charge in [-0.2, -0.15) is 0 Å². The SMILES string of the molecule is COc1cccc(NC(=O)CN2CC3CCCNC3C2)c1. The van der Waals surface area contributed by atoms with E-state index in [0.29, 0.717) is 18.5 Å². The summed E-state index contributed by atoms with van der Waals surface area (Å²) in [4.78, 5) is 14.4. The number of benzene rings is 1. The molecule has 0 bridgehead atoms. The normalized spacial score (nSPS) is 25.4. The Labute approximate surface area is 125 Å². The Bertz CT molecular complexity index is 492. The summed E-state index contributed by atoms with van der Waals surface area (Å²) in [6.07, 6.45) is 2.54. The molecule has 2 unspecified atom stereocenters. The topological polar surface area (TPSA) is 53.6 Å². The number of nitrogens with zero attached hydrogens (tertiary/aromatic N) is 1. The van der Waals surface area contributed by atoms with Gasteiger partial charge in [0.05, 0.1) is 13.7 Å². The Morgan fingerprint density at radius 1 is 1.48 bits per heavy atom. The fourth-order valence-electron chi connectivity index (χ4n) is 3.37. The quantitative estimate of drug-likeness (QED) is 0.878. The van der Waals surface area contributed by atoms with Crippen LogP contribution in [0.5, 0.6) is 5.75 Å². The van der Waals surface area contributed by atoms with Crippen LogP contribution in [-0.4, -0.2) is 50.1 Å². The number of piperidine rings is 1. The average molecular weight is 289 g/mol. The standard InChI is InChI=1S/C16H23N3O2/c1-21-14-6-2-5-13(8-14)18-16(20)11-19-9-12-4-3-7-17-15(12)10-19/h2,5-6,8,12,15,17H,3-4,7,9-11H2,1H3,(H,18,20). The number of anilines is 1. The first-order valence-corrected chi connectivity index (χ1v) is 7.64. The molecule has 21 heavy (non-hydrogen) atoms. The largest absolute Gasteiger partial charge is 0.497 e. The van der Waals surface area contributed by atoms with E-state index in [1.54, 1.807) is 7.11 Å². The molecule has 2 N–H and O–H groups in total. The molecule has 0 radical (unpaired) electrons. The lowest BCUT2D eigenvalue weighted by atomic mass is 9.94. The van der Waals surface area contributed by atoms with E-state index in [2.05, 4.69) is 15.5 Å². The number of likely N-dealkylation sites (tertiary alicyclic amines) is 1. The van der Waals surface area contributed by atoms with Crippen LogP contribution in [0.15, 0.2) is 24.3 Å². The molecule has 0 spiro atoms. The van der Waals surface area contributed by atoms with E-state index < -0.39 is 0 Å². The summed E-state index contributed by atoms with van der Waals surface area (Å²) in [7, 11) is 1.62. The summed E-state index contributed by atoms with van der Waals surface area (Å²) >= 11 is 0. The minimum atomic E-state index is 0.0434. The Morgan fingerprint density at radius 2 is 2.38 bits per heavy atom. The van der Waals surface area contributed by atoms with Crippen LogP contribution in [0, 0.1) is 5.92 Å². The van der Waals surface area contributed by atoms with Gasteiger partial charge in [0.2, 0.25) is 5.91 Å². The molecule has 1 amide bonds. The highest BCUT2D eigenvalue weighted by molar-refractivity contribution is 5.92. The highest BCUT2D eigenvalue weighted by Gasteiger charge is 2.34. The van der Waals surface area contributed by atoms with Gasteiger partial charge in [-0.25, -0.2) is 0 Å². The Morgan fingerprint density at radius 3 is 3.19 bits per heavy atom. The van der Waals surface area contributed by atoms with E-state index in [-0.39, 0.29) is 5.91 Å². The highest BCUT2D eigenvalue weighted by atomic mass is 16.5. The van der Waals surface area contributed by atoms with Gasteiger partial charge >= 0.3 is 0 Å². The molecule has 5 heteroatoms. The van der Waals surface area contributed by atoms with E-state index in [9.17, 15) is 4.79 Å². The number of ether oxygens (including phenoxy) is 1. The van der Waals surface area contributed by atoms with Crippen LogP contribution < -0.4 is 15.4 Å². The van der Waals surface area contributed by atoms with Crippen molar-refractivity contribution in [3.63, 3.8) is 0 Å². The maximum atomic E-state index is 12.2. The number of carbonyl (C=O) groups is 1. The van der Waals surface area contributed by atoms with Crippen molar-refractivity contribution in [2.45, 2.75) is 18.9 Å². The van der Waals surface area contributed by atoms with Gasteiger partial charge in [0.1, 0.15) is 5.75 Å². The third-order valence-electron chi connectivity index (χ3n) is 4.40. The second-order valence-electron chi connectivity index (χ2n) is 5.94. The summed E-state index contributed by atoms with van der Waals surface area (Å²) in [5.41, 5.74) is 0.786. The fourth-order valence-corrected chi connectivity index (χ4v) is 3.37. The molecular weight excluding hydrogens is 266 g/mol. The van der Waals surface area contributed by atoms with Crippen molar-refractivity contribution >= 4 is 11.6 Å². The van der Waals surface area contributed by atoms with Gasteiger partial charge in [0, 0.05) is 30.9 Å². The molecule has 3 rings (SSSR count). The van der Waals surface area contributed by atoms with Crippen LogP contribution in [0.4, 0.5) is 5.69 Å². The summed E-state index contributed by atoms with van der Waals surface area (Å²) < 4.78 is 5.16. The summed E-state index contributed by atoms with van der Waals surface area (Å²) in [6.45, 7) is 3.59. The maximum Gasteiger partial charge on any atom is 0.238 e. The minimum Gasteiger partial charge on any atom is -0.497 e. The van der Waals surface area contributed by atoms with Gasteiger partial charge in [0.25, 0.3) is 0 Å². The van der Waals surface area contributed by atoms with Crippen molar-refractivity contribution in [2.75, 3.05) is 38.6 Å². The van der Waals surface area contributed by atoms with Crippen LogP contribution in [0.2, 0.25) is 0 Å². The molecule has 2 fully saturated rings. The van der Waals surface area contributed by atoms with Crippen molar-refractivity contribution in [3.05, 3.63) is 24.3 Å². The van der Waals surface area contributed by atoms with Crippen LogP contribution >= 0.6 is 0 Å². The lowest BCUT2D eigenvalue weighted by Gasteiger charge is -2.24. The van der Waals surface area contributed by atoms with E-state index in [4.69, 9.17) is 4.74 Å². The van der Waals surface area contributed by atoms with Crippen LogP contribution in [-0.2, 0) is 4.79 Å². The number of hydrogen-bond acceptors (Lipinski definition) is 4. The minimum absolute atomic E-state index is 0.0434. The molecule has 1 aromatic rings. The van der Waals surface area contributed by atoms with Gasteiger partial charge in [-0.05, 0) is 37.4 Å². The third kappa shape index (κ3) is 3.54. The van der Waals surface area contributed by atoms with Crippen molar-refractivity contribution in [1.82, 2.24) is 10.2 Å². The van der Waals surface area contributed by atoms with Gasteiger partial charge in [0.15, 0.2) is 0 Å². The number of methoxy groups -OCH3 is 1.